The molecule has 2 aromatic heterocycles. The number of aromatic carboxylic acids is 1. The number of hydrogen-bond acceptors (Lipinski definition) is 4. The molecule has 2 aromatic rings. The largest absolute Gasteiger partial charge is 0.478 e. The molecule has 0 aliphatic rings. The van der Waals surface area contributed by atoms with E-state index in [2.05, 4.69) is 10.2 Å². The SMILES string of the molecule is Cc1ccc(-c2cc(C(=O)O)c(Cl)nn2)s1. The van der Waals surface area contributed by atoms with Crippen LogP contribution in [0.5, 0.6) is 0 Å². The maximum atomic E-state index is 10.9. The van der Waals surface area contributed by atoms with Gasteiger partial charge in [0.05, 0.1) is 4.88 Å². The van der Waals surface area contributed by atoms with Crippen LogP contribution in [0.15, 0.2) is 18.2 Å². The zero-order valence-corrected chi connectivity index (χ0v) is 9.84. The van der Waals surface area contributed by atoms with E-state index in [0.29, 0.717) is 5.69 Å². The fraction of sp³-hybridized carbons (Fsp3) is 0.100. The van der Waals surface area contributed by atoms with Crippen LogP contribution < -0.4 is 0 Å². The quantitative estimate of drug-likeness (QED) is 0.895. The van der Waals surface area contributed by atoms with Crippen LogP contribution in [0.4, 0.5) is 0 Å². The predicted molar refractivity (Wildman–Crippen MR) is 62.1 cm³/mol. The van der Waals surface area contributed by atoms with E-state index in [4.69, 9.17) is 16.7 Å². The number of carboxylic acid groups (broad SMARTS) is 1. The molecule has 82 valence electrons. The molecule has 4 nitrogen and oxygen atoms in total. The first-order valence-corrected chi connectivity index (χ1v) is 5.60. The number of rotatable bonds is 2. The summed E-state index contributed by atoms with van der Waals surface area (Å²) in [5, 5.41) is 16.3. The third-order valence-electron chi connectivity index (χ3n) is 1.97. The van der Waals surface area contributed by atoms with Crippen LogP contribution >= 0.6 is 22.9 Å². The van der Waals surface area contributed by atoms with Gasteiger partial charge in [-0.15, -0.1) is 21.5 Å². The summed E-state index contributed by atoms with van der Waals surface area (Å²) < 4.78 is 0. The number of aromatic nitrogens is 2. The molecule has 0 saturated carbocycles. The van der Waals surface area contributed by atoms with Gasteiger partial charge in [0.15, 0.2) is 5.15 Å². The van der Waals surface area contributed by atoms with E-state index in [1.54, 1.807) is 0 Å². The Morgan fingerprint density at radius 1 is 1.44 bits per heavy atom. The van der Waals surface area contributed by atoms with E-state index in [1.165, 1.54) is 17.4 Å². The second-order valence-electron chi connectivity index (χ2n) is 3.15. The minimum absolute atomic E-state index is 0.0299. The Kier molecular flexibility index (Phi) is 2.89. The predicted octanol–water partition coefficient (Wildman–Crippen LogP) is 2.87. The van der Waals surface area contributed by atoms with Gasteiger partial charge in [-0.05, 0) is 25.1 Å². The summed E-state index contributed by atoms with van der Waals surface area (Å²) in [5.41, 5.74) is 0.498. The normalized spacial score (nSPS) is 10.4. The fourth-order valence-electron chi connectivity index (χ4n) is 1.22. The molecule has 16 heavy (non-hydrogen) atoms. The van der Waals surface area contributed by atoms with Gasteiger partial charge in [-0.1, -0.05) is 11.6 Å². The molecule has 0 bridgehead atoms. The number of thiophene rings is 1. The van der Waals surface area contributed by atoms with Crippen molar-refractivity contribution in [2.24, 2.45) is 0 Å². The monoisotopic (exact) mass is 254 g/mol. The Labute approximate surface area is 101 Å². The first-order chi connectivity index (χ1) is 7.58. The van der Waals surface area contributed by atoms with Crippen molar-refractivity contribution < 1.29 is 9.90 Å². The average Bonchev–Trinajstić information content (AvgIpc) is 2.65. The molecule has 0 unspecified atom stereocenters. The first kappa shape index (κ1) is 11.0. The zero-order chi connectivity index (χ0) is 11.7. The lowest BCUT2D eigenvalue weighted by Crippen LogP contribution is -2.01. The summed E-state index contributed by atoms with van der Waals surface area (Å²) in [4.78, 5) is 12.9. The minimum Gasteiger partial charge on any atom is -0.478 e. The molecule has 0 amide bonds. The fourth-order valence-corrected chi connectivity index (χ4v) is 2.22. The highest BCUT2D eigenvalue weighted by Gasteiger charge is 2.13. The molecule has 6 heteroatoms. The lowest BCUT2D eigenvalue weighted by atomic mass is 10.2. The van der Waals surface area contributed by atoms with Crippen molar-refractivity contribution in [3.8, 4) is 10.6 Å². The van der Waals surface area contributed by atoms with Gasteiger partial charge < -0.3 is 5.11 Å². The first-order valence-electron chi connectivity index (χ1n) is 4.41. The Balaban J connectivity index is 2.51. The molecule has 0 spiro atoms. The minimum atomic E-state index is -1.10. The van der Waals surface area contributed by atoms with E-state index in [1.807, 2.05) is 19.1 Å². The molecule has 0 aliphatic carbocycles. The number of aryl methyl sites for hydroxylation is 1. The van der Waals surface area contributed by atoms with Crippen LogP contribution in [-0.2, 0) is 0 Å². The average molecular weight is 255 g/mol. The van der Waals surface area contributed by atoms with Gasteiger partial charge in [0.1, 0.15) is 11.3 Å². The van der Waals surface area contributed by atoms with Crippen molar-refractivity contribution in [3.63, 3.8) is 0 Å². The van der Waals surface area contributed by atoms with Gasteiger partial charge >= 0.3 is 5.97 Å². The molecule has 0 saturated heterocycles. The van der Waals surface area contributed by atoms with Crippen LogP contribution in [0.3, 0.4) is 0 Å². The van der Waals surface area contributed by atoms with Gasteiger partial charge in [-0.25, -0.2) is 4.79 Å². The lowest BCUT2D eigenvalue weighted by molar-refractivity contribution is 0.0696. The van der Waals surface area contributed by atoms with E-state index >= 15 is 0 Å². The van der Waals surface area contributed by atoms with Gasteiger partial charge in [0.25, 0.3) is 0 Å². The van der Waals surface area contributed by atoms with E-state index in [0.717, 1.165) is 9.75 Å². The maximum absolute atomic E-state index is 10.9. The molecule has 1 N–H and O–H groups in total. The van der Waals surface area contributed by atoms with Gasteiger partial charge in [-0.2, -0.15) is 0 Å². The highest BCUT2D eigenvalue weighted by Crippen LogP contribution is 2.27. The van der Waals surface area contributed by atoms with Crippen molar-refractivity contribution in [1.29, 1.82) is 0 Å². The second-order valence-corrected chi connectivity index (χ2v) is 4.80. The van der Waals surface area contributed by atoms with Crippen molar-refractivity contribution in [3.05, 3.63) is 33.8 Å². The molecule has 0 atom stereocenters. The molecule has 0 aliphatic heterocycles. The lowest BCUT2D eigenvalue weighted by Gasteiger charge is -1.99. The zero-order valence-electron chi connectivity index (χ0n) is 8.27. The molecule has 0 fully saturated rings. The van der Waals surface area contributed by atoms with Gasteiger partial charge in [0.2, 0.25) is 0 Å². The number of nitrogens with zero attached hydrogens (tertiary/aromatic N) is 2. The third kappa shape index (κ3) is 2.05. The molecular weight excluding hydrogens is 248 g/mol. The number of carbonyl (C=O) groups is 1. The molecular formula is C10H7ClN2O2S. The standard InChI is InChI=1S/C10H7ClN2O2S/c1-5-2-3-8(16-5)7-4-6(10(14)15)9(11)13-12-7/h2-4H,1H3,(H,14,15). The summed E-state index contributed by atoms with van der Waals surface area (Å²) >= 11 is 7.16. The number of halogens is 1. The Hall–Kier alpha value is -1.46. The van der Waals surface area contributed by atoms with E-state index in [-0.39, 0.29) is 10.7 Å². The second kappa shape index (κ2) is 4.19. The Morgan fingerprint density at radius 2 is 2.19 bits per heavy atom. The summed E-state index contributed by atoms with van der Waals surface area (Å²) in [6, 6.07) is 5.25. The molecule has 2 heterocycles. The summed E-state index contributed by atoms with van der Waals surface area (Å²) in [5.74, 6) is -1.10. The van der Waals surface area contributed by atoms with Crippen LogP contribution in [0.25, 0.3) is 10.6 Å². The summed E-state index contributed by atoms with van der Waals surface area (Å²) in [7, 11) is 0. The highest BCUT2D eigenvalue weighted by molar-refractivity contribution is 7.15. The maximum Gasteiger partial charge on any atom is 0.338 e. The van der Waals surface area contributed by atoms with Crippen molar-refractivity contribution in [2.45, 2.75) is 6.92 Å². The van der Waals surface area contributed by atoms with Gasteiger partial charge in [0, 0.05) is 4.88 Å². The molecule has 0 aromatic carbocycles. The van der Waals surface area contributed by atoms with Crippen molar-refractivity contribution in [1.82, 2.24) is 10.2 Å². The van der Waals surface area contributed by atoms with Crippen molar-refractivity contribution >= 4 is 28.9 Å². The summed E-state index contributed by atoms with van der Waals surface area (Å²) in [6.07, 6.45) is 0. The smallest absolute Gasteiger partial charge is 0.338 e. The summed E-state index contributed by atoms with van der Waals surface area (Å²) in [6.45, 7) is 1.97. The van der Waals surface area contributed by atoms with Crippen LogP contribution in [0, 0.1) is 6.92 Å². The number of carboxylic acids is 1. The Bertz CT molecular complexity index is 554. The number of hydrogen-bond donors (Lipinski definition) is 1. The van der Waals surface area contributed by atoms with Crippen molar-refractivity contribution in [2.75, 3.05) is 0 Å². The third-order valence-corrected chi connectivity index (χ3v) is 3.27. The highest BCUT2D eigenvalue weighted by atomic mass is 35.5. The van der Waals surface area contributed by atoms with Gasteiger partial charge in [-0.3, -0.25) is 0 Å². The Morgan fingerprint density at radius 3 is 2.75 bits per heavy atom. The van der Waals surface area contributed by atoms with Crippen LogP contribution in [0.1, 0.15) is 15.2 Å². The van der Waals surface area contributed by atoms with E-state index < -0.39 is 5.97 Å². The topological polar surface area (TPSA) is 63.1 Å². The molecule has 2 rings (SSSR count). The van der Waals surface area contributed by atoms with Crippen LogP contribution in [0.2, 0.25) is 5.15 Å². The van der Waals surface area contributed by atoms with Crippen LogP contribution in [-0.4, -0.2) is 21.3 Å². The molecule has 0 radical (unpaired) electrons. The van der Waals surface area contributed by atoms with E-state index in [9.17, 15) is 4.79 Å².